The Morgan fingerprint density at radius 1 is 1.64 bits per heavy atom. The number of aromatic carboxylic acids is 1. The third-order valence-corrected chi connectivity index (χ3v) is 3.43. The van der Waals surface area contributed by atoms with Gasteiger partial charge in [0.15, 0.2) is 0 Å². The highest BCUT2D eigenvalue weighted by Gasteiger charge is 2.19. The van der Waals surface area contributed by atoms with E-state index in [1.54, 1.807) is 0 Å². The van der Waals surface area contributed by atoms with E-state index in [1.165, 1.54) is 6.33 Å². The van der Waals surface area contributed by atoms with Crippen molar-refractivity contribution in [3.05, 3.63) is 26.0 Å². The second kappa shape index (κ2) is 3.18. The number of carboxylic acid groups (broad SMARTS) is 1. The van der Waals surface area contributed by atoms with Crippen molar-refractivity contribution in [1.29, 1.82) is 0 Å². The molecule has 14 heavy (non-hydrogen) atoms. The third-order valence-electron chi connectivity index (χ3n) is 1.67. The van der Waals surface area contributed by atoms with Crippen LogP contribution in [0.1, 0.15) is 10.4 Å². The molecule has 2 heterocycles. The van der Waals surface area contributed by atoms with E-state index in [9.17, 15) is 9.59 Å². The predicted molar refractivity (Wildman–Crippen MR) is 54.9 cm³/mol. The molecule has 2 aromatic rings. The van der Waals surface area contributed by atoms with Crippen LogP contribution in [0.3, 0.4) is 0 Å². The van der Waals surface area contributed by atoms with Crippen molar-refractivity contribution in [3.8, 4) is 0 Å². The van der Waals surface area contributed by atoms with Crippen LogP contribution in [0.15, 0.2) is 14.9 Å². The maximum atomic E-state index is 11.3. The number of hydrogen-bond acceptors (Lipinski definition) is 4. The maximum Gasteiger partial charge on any atom is 0.338 e. The lowest BCUT2D eigenvalue weighted by atomic mass is 10.2. The fraction of sp³-hybridized carbons (Fsp3) is 0. The number of halogens is 1. The summed E-state index contributed by atoms with van der Waals surface area (Å²) in [6.45, 7) is 0. The molecule has 0 radical (unpaired) electrons. The van der Waals surface area contributed by atoms with E-state index in [0.29, 0.717) is 8.62 Å². The van der Waals surface area contributed by atoms with Gasteiger partial charge < -0.3 is 10.1 Å². The van der Waals surface area contributed by atoms with Crippen LogP contribution in [0.4, 0.5) is 0 Å². The highest BCUT2D eigenvalue weighted by atomic mass is 79.9. The number of fused-ring (bicyclic) bond motifs is 1. The highest BCUT2D eigenvalue weighted by Crippen LogP contribution is 2.31. The molecule has 0 fully saturated rings. The number of aromatic amines is 1. The normalized spacial score (nSPS) is 10.6. The second-order valence-electron chi connectivity index (χ2n) is 2.47. The fourth-order valence-electron chi connectivity index (χ4n) is 1.11. The smallest absolute Gasteiger partial charge is 0.338 e. The first-order valence-corrected chi connectivity index (χ1v) is 5.11. The Labute approximate surface area is 89.5 Å². The fourth-order valence-corrected chi connectivity index (χ4v) is 2.80. The van der Waals surface area contributed by atoms with Gasteiger partial charge in [0.1, 0.15) is 4.83 Å². The molecule has 7 heteroatoms. The van der Waals surface area contributed by atoms with E-state index in [-0.39, 0.29) is 10.9 Å². The van der Waals surface area contributed by atoms with Crippen LogP contribution in [0.25, 0.3) is 10.2 Å². The number of carbonyl (C=O) groups is 1. The summed E-state index contributed by atoms with van der Waals surface area (Å²) in [6, 6.07) is 0. The van der Waals surface area contributed by atoms with Crippen LogP contribution in [0, 0.1) is 0 Å². The van der Waals surface area contributed by atoms with Gasteiger partial charge >= 0.3 is 5.97 Å². The minimum atomic E-state index is -1.14. The average Bonchev–Trinajstić information content (AvgIpc) is 2.42. The molecule has 0 aliphatic rings. The van der Waals surface area contributed by atoms with Crippen LogP contribution in [-0.4, -0.2) is 21.0 Å². The zero-order valence-electron chi connectivity index (χ0n) is 6.57. The maximum absolute atomic E-state index is 11.3. The number of hydrogen-bond donors (Lipinski definition) is 2. The van der Waals surface area contributed by atoms with Gasteiger partial charge in [0.05, 0.1) is 21.1 Å². The largest absolute Gasteiger partial charge is 0.478 e. The third kappa shape index (κ3) is 1.25. The lowest BCUT2D eigenvalue weighted by molar-refractivity contribution is 0.0698. The molecule has 72 valence electrons. The number of carboxylic acids is 1. The molecule has 2 N–H and O–H groups in total. The minimum absolute atomic E-state index is 0.0284. The first-order chi connectivity index (χ1) is 6.61. The van der Waals surface area contributed by atoms with Gasteiger partial charge in [-0.1, -0.05) is 0 Å². The Hall–Kier alpha value is -1.21. The second-order valence-corrected chi connectivity index (χ2v) is 4.78. The molecule has 0 saturated heterocycles. The number of H-pyrrole nitrogens is 1. The van der Waals surface area contributed by atoms with Gasteiger partial charge in [0.2, 0.25) is 0 Å². The van der Waals surface area contributed by atoms with Gasteiger partial charge in [-0.05, 0) is 15.9 Å². The summed E-state index contributed by atoms with van der Waals surface area (Å²) < 4.78 is 0.407. The predicted octanol–water partition coefficient (Wildman–Crippen LogP) is 1.45. The quantitative estimate of drug-likeness (QED) is 0.825. The number of nitrogens with zero attached hydrogens (tertiary/aromatic N) is 1. The van der Waals surface area contributed by atoms with E-state index in [2.05, 4.69) is 25.9 Å². The van der Waals surface area contributed by atoms with Crippen molar-refractivity contribution in [2.24, 2.45) is 0 Å². The van der Waals surface area contributed by atoms with Crippen molar-refractivity contribution in [2.45, 2.75) is 0 Å². The van der Waals surface area contributed by atoms with Crippen LogP contribution >= 0.6 is 27.3 Å². The topological polar surface area (TPSA) is 83.0 Å². The summed E-state index contributed by atoms with van der Waals surface area (Å²) in [4.78, 5) is 28.8. The van der Waals surface area contributed by atoms with E-state index >= 15 is 0 Å². The molecule has 0 amide bonds. The van der Waals surface area contributed by atoms with E-state index in [1.807, 2.05) is 0 Å². The average molecular weight is 275 g/mol. The number of aromatic nitrogens is 2. The molecule has 0 spiro atoms. The molecular weight excluding hydrogens is 272 g/mol. The van der Waals surface area contributed by atoms with Gasteiger partial charge in [-0.2, -0.15) is 0 Å². The Morgan fingerprint density at radius 3 is 3.00 bits per heavy atom. The number of rotatable bonds is 1. The summed E-state index contributed by atoms with van der Waals surface area (Å²) in [5, 5.41) is 9.00. The van der Waals surface area contributed by atoms with Crippen molar-refractivity contribution < 1.29 is 9.90 Å². The summed E-state index contributed by atoms with van der Waals surface area (Å²) >= 11 is 4.22. The Bertz CT molecular complexity index is 574. The molecular formula is C7H3BrN2O3S. The summed E-state index contributed by atoms with van der Waals surface area (Å²) in [6.07, 6.45) is 1.25. The van der Waals surface area contributed by atoms with Gasteiger partial charge in [-0.3, -0.25) is 4.79 Å². The van der Waals surface area contributed by atoms with E-state index < -0.39 is 11.5 Å². The molecule has 0 aromatic carbocycles. The van der Waals surface area contributed by atoms with Crippen molar-refractivity contribution in [1.82, 2.24) is 9.97 Å². The number of nitrogens with one attached hydrogen (secondary N) is 1. The van der Waals surface area contributed by atoms with E-state index in [0.717, 1.165) is 11.3 Å². The molecule has 0 saturated carbocycles. The molecule has 5 nitrogen and oxygen atoms in total. The Kier molecular flexibility index (Phi) is 2.12. The molecule has 0 bridgehead atoms. The molecule has 0 unspecified atom stereocenters. The van der Waals surface area contributed by atoms with Crippen LogP contribution in [-0.2, 0) is 0 Å². The monoisotopic (exact) mass is 274 g/mol. The zero-order chi connectivity index (χ0) is 10.3. The van der Waals surface area contributed by atoms with E-state index in [4.69, 9.17) is 5.11 Å². The first kappa shape index (κ1) is 9.35. The van der Waals surface area contributed by atoms with Gasteiger partial charge in [-0.25, -0.2) is 9.78 Å². The van der Waals surface area contributed by atoms with Gasteiger partial charge in [0.25, 0.3) is 5.56 Å². The first-order valence-electron chi connectivity index (χ1n) is 3.50. The molecule has 0 aliphatic carbocycles. The molecule has 0 atom stereocenters. The van der Waals surface area contributed by atoms with Crippen LogP contribution < -0.4 is 5.56 Å². The molecule has 2 aromatic heterocycles. The molecule has 0 aliphatic heterocycles. The van der Waals surface area contributed by atoms with Crippen molar-refractivity contribution >= 4 is 43.5 Å². The standard InChI is InChI=1S/C7H3BrN2O3S/c8-4-2(7(12)13)3-5(11)9-1-10-6(3)14-4/h1H,(H,12,13)(H,9,10,11). The number of thiophene rings is 1. The summed E-state index contributed by atoms with van der Waals surface area (Å²) in [5.74, 6) is -1.14. The Morgan fingerprint density at radius 2 is 2.36 bits per heavy atom. The highest BCUT2D eigenvalue weighted by molar-refractivity contribution is 9.11. The minimum Gasteiger partial charge on any atom is -0.478 e. The zero-order valence-corrected chi connectivity index (χ0v) is 8.98. The van der Waals surface area contributed by atoms with Crippen molar-refractivity contribution in [2.75, 3.05) is 0 Å². The van der Waals surface area contributed by atoms with Gasteiger partial charge in [-0.15, -0.1) is 11.3 Å². The van der Waals surface area contributed by atoms with Crippen LogP contribution in [0.5, 0.6) is 0 Å². The Balaban J connectivity index is 3.01. The lowest BCUT2D eigenvalue weighted by Crippen LogP contribution is -2.09. The summed E-state index contributed by atoms with van der Waals surface area (Å²) in [7, 11) is 0. The summed E-state index contributed by atoms with van der Waals surface area (Å²) in [5.41, 5.74) is -0.464. The SMILES string of the molecule is O=C(O)c1c(Br)sc2nc[nH]c(=O)c12. The van der Waals surface area contributed by atoms with Crippen LogP contribution in [0.2, 0.25) is 0 Å². The molecule has 2 rings (SSSR count). The lowest BCUT2D eigenvalue weighted by Gasteiger charge is -1.90. The van der Waals surface area contributed by atoms with Crippen molar-refractivity contribution in [3.63, 3.8) is 0 Å². The van der Waals surface area contributed by atoms with Gasteiger partial charge in [0, 0.05) is 0 Å².